The molecule has 2 rings (SSSR count). The summed E-state index contributed by atoms with van der Waals surface area (Å²) in [6.45, 7) is 3.29. The second-order valence-corrected chi connectivity index (χ2v) is 6.31. The molecule has 1 saturated carbocycles. The van der Waals surface area contributed by atoms with Crippen molar-refractivity contribution < 1.29 is 9.18 Å². The summed E-state index contributed by atoms with van der Waals surface area (Å²) in [5, 5.41) is 2.97. The highest BCUT2D eigenvalue weighted by atomic mass is 19.1. The van der Waals surface area contributed by atoms with E-state index in [1.54, 1.807) is 6.92 Å². The Balaban J connectivity index is 1.96. The zero-order chi connectivity index (χ0) is 15.4. The van der Waals surface area contributed by atoms with E-state index in [-0.39, 0.29) is 17.6 Å². The van der Waals surface area contributed by atoms with Crippen LogP contribution in [0.15, 0.2) is 18.2 Å². The van der Waals surface area contributed by atoms with Gasteiger partial charge < -0.3 is 10.2 Å². The summed E-state index contributed by atoms with van der Waals surface area (Å²) in [6.07, 6.45) is 2.85. The number of amides is 1. The molecule has 0 heterocycles. The third kappa shape index (κ3) is 4.81. The van der Waals surface area contributed by atoms with Gasteiger partial charge in [-0.25, -0.2) is 4.39 Å². The lowest BCUT2D eigenvalue weighted by Crippen LogP contribution is -2.32. The summed E-state index contributed by atoms with van der Waals surface area (Å²) in [4.78, 5) is 14.1. The van der Waals surface area contributed by atoms with Gasteiger partial charge in [0.2, 0.25) is 5.91 Å². The van der Waals surface area contributed by atoms with E-state index in [1.165, 1.54) is 18.9 Å². The number of aryl methyl sites for hydroxylation is 1. The van der Waals surface area contributed by atoms with Crippen molar-refractivity contribution in [1.29, 1.82) is 0 Å². The quantitative estimate of drug-likeness (QED) is 0.838. The van der Waals surface area contributed by atoms with Crippen molar-refractivity contribution in [2.45, 2.75) is 32.1 Å². The molecule has 1 aliphatic carbocycles. The fourth-order valence-corrected chi connectivity index (χ4v) is 2.64. The normalized spacial score (nSPS) is 16.0. The number of hydrogen-bond acceptors (Lipinski definition) is 2. The summed E-state index contributed by atoms with van der Waals surface area (Å²) in [7, 11) is 3.97. The van der Waals surface area contributed by atoms with Crippen LogP contribution in [0.1, 0.15) is 36.3 Å². The minimum atomic E-state index is -0.177. The Morgan fingerprint density at radius 2 is 2.14 bits per heavy atom. The molecule has 1 aromatic carbocycles. The number of carbonyl (C=O) groups excluding carboxylic acids is 1. The summed E-state index contributed by atoms with van der Waals surface area (Å²) in [5.41, 5.74) is 1.75. The van der Waals surface area contributed by atoms with Crippen molar-refractivity contribution in [2.75, 3.05) is 27.2 Å². The van der Waals surface area contributed by atoms with Gasteiger partial charge >= 0.3 is 0 Å². The van der Waals surface area contributed by atoms with Crippen molar-refractivity contribution in [2.24, 2.45) is 5.92 Å². The number of benzene rings is 1. The van der Waals surface area contributed by atoms with Gasteiger partial charge in [-0.05, 0) is 62.9 Å². The smallest absolute Gasteiger partial charge is 0.220 e. The Hall–Kier alpha value is -1.42. The molecule has 116 valence electrons. The molecule has 1 atom stereocenters. The maximum Gasteiger partial charge on any atom is 0.220 e. The molecular weight excluding hydrogens is 267 g/mol. The van der Waals surface area contributed by atoms with Gasteiger partial charge in [0.15, 0.2) is 0 Å². The molecule has 1 N–H and O–H groups in total. The largest absolute Gasteiger partial charge is 0.355 e. The minimum absolute atomic E-state index is 0.0933. The van der Waals surface area contributed by atoms with Crippen LogP contribution in [0.2, 0.25) is 0 Å². The predicted molar refractivity (Wildman–Crippen MR) is 82.8 cm³/mol. The second kappa shape index (κ2) is 7.03. The third-order valence-corrected chi connectivity index (χ3v) is 4.09. The first-order valence-electron chi connectivity index (χ1n) is 7.65. The lowest BCUT2D eigenvalue weighted by molar-refractivity contribution is -0.121. The summed E-state index contributed by atoms with van der Waals surface area (Å²) >= 11 is 0. The van der Waals surface area contributed by atoms with E-state index in [2.05, 4.69) is 5.32 Å². The van der Waals surface area contributed by atoms with Crippen molar-refractivity contribution in [3.05, 3.63) is 35.1 Å². The number of rotatable bonds is 7. The van der Waals surface area contributed by atoms with Gasteiger partial charge in [0.05, 0.1) is 0 Å². The molecule has 0 spiro atoms. The third-order valence-electron chi connectivity index (χ3n) is 4.09. The van der Waals surface area contributed by atoms with Gasteiger partial charge in [-0.1, -0.05) is 12.1 Å². The molecule has 0 saturated heterocycles. The van der Waals surface area contributed by atoms with E-state index in [9.17, 15) is 9.18 Å². The zero-order valence-corrected chi connectivity index (χ0v) is 13.2. The Labute approximate surface area is 126 Å². The molecule has 0 radical (unpaired) electrons. The van der Waals surface area contributed by atoms with Crippen LogP contribution in [-0.4, -0.2) is 38.0 Å². The highest BCUT2D eigenvalue weighted by Crippen LogP contribution is 2.44. The van der Waals surface area contributed by atoms with Crippen molar-refractivity contribution in [3.63, 3.8) is 0 Å². The average molecular weight is 292 g/mol. The summed E-state index contributed by atoms with van der Waals surface area (Å²) in [6, 6.07) is 5.24. The van der Waals surface area contributed by atoms with Gasteiger partial charge in [-0.15, -0.1) is 0 Å². The molecule has 1 unspecified atom stereocenters. The monoisotopic (exact) mass is 292 g/mol. The maximum absolute atomic E-state index is 13.4. The van der Waals surface area contributed by atoms with E-state index < -0.39 is 0 Å². The number of nitrogens with zero attached hydrogens (tertiary/aromatic N) is 1. The van der Waals surface area contributed by atoms with Crippen LogP contribution in [0.3, 0.4) is 0 Å². The molecule has 4 heteroatoms. The van der Waals surface area contributed by atoms with E-state index in [0.29, 0.717) is 24.4 Å². The highest BCUT2D eigenvalue weighted by molar-refractivity contribution is 5.77. The van der Waals surface area contributed by atoms with Crippen LogP contribution in [0.4, 0.5) is 4.39 Å². The van der Waals surface area contributed by atoms with Gasteiger partial charge in [-0.2, -0.15) is 0 Å². The van der Waals surface area contributed by atoms with Gasteiger partial charge in [0.1, 0.15) is 5.82 Å². The second-order valence-electron chi connectivity index (χ2n) is 6.31. The first-order chi connectivity index (χ1) is 9.97. The average Bonchev–Trinajstić information content (AvgIpc) is 3.23. The Morgan fingerprint density at radius 1 is 1.43 bits per heavy atom. The molecule has 0 aromatic heterocycles. The minimum Gasteiger partial charge on any atom is -0.355 e. The van der Waals surface area contributed by atoms with Crippen LogP contribution in [0.25, 0.3) is 0 Å². The SMILES string of the molecule is Cc1cc(C(CC(=O)NCCN(C)C)C2CC2)ccc1F. The summed E-state index contributed by atoms with van der Waals surface area (Å²) in [5.74, 6) is 0.720. The van der Waals surface area contributed by atoms with E-state index in [1.807, 2.05) is 31.1 Å². The van der Waals surface area contributed by atoms with Crippen LogP contribution in [-0.2, 0) is 4.79 Å². The predicted octanol–water partition coefficient (Wildman–Crippen LogP) is 2.70. The lowest BCUT2D eigenvalue weighted by atomic mass is 9.89. The summed E-state index contributed by atoms with van der Waals surface area (Å²) < 4.78 is 13.4. The highest BCUT2D eigenvalue weighted by Gasteiger charge is 2.33. The van der Waals surface area contributed by atoms with Gasteiger partial charge in [-0.3, -0.25) is 4.79 Å². The number of carbonyl (C=O) groups is 1. The van der Waals surface area contributed by atoms with E-state index in [0.717, 1.165) is 12.1 Å². The Morgan fingerprint density at radius 3 is 2.71 bits per heavy atom. The molecular formula is C17H25FN2O. The van der Waals surface area contributed by atoms with Crippen LogP contribution >= 0.6 is 0 Å². The van der Waals surface area contributed by atoms with E-state index >= 15 is 0 Å². The number of hydrogen-bond donors (Lipinski definition) is 1. The number of halogens is 1. The van der Waals surface area contributed by atoms with Crippen LogP contribution < -0.4 is 5.32 Å². The first kappa shape index (κ1) is 16.0. The fourth-order valence-electron chi connectivity index (χ4n) is 2.64. The number of likely N-dealkylation sites (N-methyl/N-ethyl adjacent to an activating group) is 1. The molecule has 1 aliphatic rings. The topological polar surface area (TPSA) is 32.3 Å². The molecule has 1 amide bonds. The van der Waals surface area contributed by atoms with Gasteiger partial charge in [0, 0.05) is 19.5 Å². The molecule has 1 fully saturated rings. The molecule has 21 heavy (non-hydrogen) atoms. The maximum atomic E-state index is 13.4. The molecule has 0 aliphatic heterocycles. The van der Waals surface area contributed by atoms with Gasteiger partial charge in [0.25, 0.3) is 0 Å². The van der Waals surface area contributed by atoms with Crippen molar-refractivity contribution in [1.82, 2.24) is 10.2 Å². The van der Waals surface area contributed by atoms with Crippen LogP contribution in [0, 0.1) is 18.7 Å². The number of nitrogens with one attached hydrogen (secondary N) is 1. The fraction of sp³-hybridized carbons (Fsp3) is 0.588. The first-order valence-corrected chi connectivity index (χ1v) is 7.65. The lowest BCUT2D eigenvalue weighted by Gasteiger charge is -2.18. The standard InChI is InChI=1S/C17H25FN2O/c1-12-10-14(6-7-16(12)18)15(13-4-5-13)11-17(21)19-8-9-20(2)3/h6-7,10,13,15H,4-5,8-9,11H2,1-3H3,(H,19,21). The van der Waals surface area contributed by atoms with Crippen molar-refractivity contribution >= 4 is 5.91 Å². The van der Waals surface area contributed by atoms with Crippen molar-refractivity contribution in [3.8, 4) is 0 Å². The molecule has 3 nitrogen and oxygen atoms in total. The zero-order valence-electron chi connectivity index (χ0n) is 13.2. The Bertz CT molecular complexity index is 498. The van der Waals surface area contributed by atoms with Crippen LogP contribution in [0.5, 0.6) is 0 Å². The Kier molecular flexibility index (Phi) is 5.34. The molecule has 1 aromatic rings. The molecule has 0 bridgehead atoms. The van der Waals surface area contributed by atoms with E-state index in [4.69, 9.17) is 0 Å².